The summed E-state index contributed by atoms with van der Waals surface area (Å²) in [5.41, 5.74) is 2.19. The molecule has 0 fully saturated rings. The van der Waals surface area contributed by atoms with Crippen molar-refractivity contribution >= 4 is 11.8 Å². The fourth-order valence-corrected chi connectivity index (χ4v) is 3.17. The van der Waals surface area contributed by atoms with Crippen molar-refractivity contribution < 1.29 is 9.15 Å². The highest BCUT2D eigenvalue weighted by Gasteiger charge is 2.17. The summed E-state index contributed by atoms with van der Waals surface area (Å²) in [4.78, 5) is 0. The van der Waals surface area contributed by atoms with Gasteiger partial charge < -0.3 is 9.15 Å². The van der Waals surface area contributed by atoms with Crippen LogP contribution in [0.5, 0.6) is 0 Å². The number of ether oxygens (including phenoxy) is 1. The zero-order chi connectivity index (χ0) is 16.1. The van der Waals surface area contributed by atoms with Gasteiger partial charge in [0.1, 0.15) is 5.76 Å². The molecule has 0 atom stereocenters. The third kappa shape index (κ3) is 3.65. The molecular weight excluding hydrogens is 310 g/mol. The summed E-state index contributed by atoms with van der Waals surface area (Å²) in [6.07, 6.45) is 1.68. The molecule has 0 spiro atoms. The Kier molecular flexibility index (Phi) is 5.15. The molecule has 0 aliphatic carbocycles. The summed E-state index contributed by atoms with van der Waals surface area (Å²) < 4.78 is 12.7. The number of aryl methyl sites for hydroxylation is 1. The van der Waals surface area contributed by atoms with E-state index in [0.29, 0.717) is 6.61 Å². The van der Waals surface area contributed by atoms with Crippen molar-refractivity contribution in [2.24, 2.45) is 0 Å². The van der Waals surface area contributed by atoms with Crippen LogP contribution in [0.3, 0.4) is 0 Å². The maximum absolute atomic E-state index is 5.42. The van der Waals surface area contributed by atoms with Gasteiger partial charge >= 0.3 is 0 Å². The smallest absolute Gasteiger partial charge is 0.191 e. The molecule has 0 aliphatic rings. The molecule has 2 aromatic heterocycles. The Balaban J connectivity index is 1.94. The average Bonchev–Trinajstić information content (AvgIpc) is 3.15. The van der Waals surface area contributed by atoms with Crippen LogP contribution in [0.2, 0.25) is 0 Å². The van der Waals surface area contributed by atoms with E-state index in [0.717, 1.165) is 34.6 Å². The van der Waals surface area contributed by atoms with E-state index in [-0.39, 0.29) is 0 Å². The van der Waals surface area contributed by atoms with Crippen molar-refractivity contribution in [3.8, 4) is 11.4 Å². The molecule has 3 aromatic rings. The molecule has 0 saturated heterocycles. The molecule has 0 radical (unpaired) electrons. The van der Waals surface area contributed by atoms with Crippen LogP contribution < -0.4 is 0 Å². The molecule has 0 amide bonds. The topological polar surface area (TPSA) is 53.1 Å². The van der Waals surface area contributed by atoms with E-state index in [9.17, 15) is 0 Å². The van der Waals surface area contributed by atoms with Gasteiger partial charge in [-0.25, -0.2) is 0 Å². The summed E-state index contributed by atoms with van der Waals surface area (Å²) in [6.45, 7) is 3.35. The van der Waals surface area contributed by atoms with Crippen molar-refractivity contribution in [3.05, 3.63) is 54.0 Å². The summed E-state index contributed by atoms with van der Waals surface area (Å²) in [5.74, 6) is 2.52. The van der Waals surface area contributed by atoms with E-state index in [1.54, 1.807) is 25.1 Å². The number of nitrogens with zero attached hydrogens (tertiary/aromatic N) is 3. The third-order valence-corrected chi connectivity index (χ3v) is 4.45. The van der Waals surface area contributed by atoms with Gasteiger partial charge in [-0.2, -0.15) is 0 Å². The molecule has 0 saturated carbocycles. The lowest BCUT2D eigenvalue weighted by molar-refractivity contribution is 0.218. The number of methoxy groups -OCH3 is 1. The number of benzene rings is 1. The van der Waals surface area contributed by atoms with Crippen LogP contribution in [0, 0.1) is 6.92 Å². The first kappa shape index (κ1) is 15.8. The maximum Gasteiger partial charge on any atom is 0.191 e. The molecular formula is C17H19N3O2S. The third-order valence-electron chi connectivity index (χ3n) is 3.52. The lowest BCUT2D eigenvalue weighted by Crippen LogP contribution is -2.05. The fourth-order valence-electron chi connectivity index (χ4n) is 2.34. The van der Waals surface area contributed by atoms with E-state index in [1.165, 1.54) is 5.56 Å². The Labute approximate surface area is 139 Å². The van der Waals surface area contributed by atoms with Gasteiger partial charge in [-0.3, -0.25) is 4.57 Å². The van der Waals surface area contributed by atoms with Gasteiger partial charge in [-0.1, -0.05) is 42.1 Å². The van der Waals surface area contributed by atoms with Crippen LogP contribution in [0.1, 0.15) is 11.3 Å². The maximum atomic E-state index is 5.42. The standard InChI is InChI=1S/C17H19N3O2S/c1-13-15(8-9-22-13)16-18-19-17(23-11-10-21-2)20(16)12-14-6-4-3-5-7-14/h3-9H,10-12H2,1-2H3. The van der Waals surface area contributed by atoms with Gasteiger partial charge in [0.15, 0.2) is 11.0 Å². The number of hydrogen-bond acceptors (Lipinski definition) is 5. The van der Waals surface area contributed by atoms with Crippen LogP contribution >= 0.6 is 11.8 Å². The Morgan fingerprint density at radius 3 is 2.70 bits per heavy atom. The highest BCUT2D eigenvalue weighted by molar-refractivity contribution is 7.99. The minimum Gasteiger partial charge on any atom is -0.469 e. The lowest BCUT2D eigenvalue weighted by atomic mass is 10.2. The van der Waals surface area contributed by atoms with Crippen LogP contribution in [0.15, 0.2) is 52.2 Å². The quantitative estimate of drug-likeness (QED) is 0.489. The predicted octanol–water partition coefficient (Wildman–Crippen LogP) is 3.63. The molecule has 3 rings (SSSR count). The Bertz CT molecular complexity index is 752. The summed E-state index contributed by atoms with van der Waals surface area (Å²) in [7, 11) is 1.70. The second-order valence-electron chi connectivity index (χ2n) is 5.11. The number of furan rings is 1. The monoisotopic (exact) mass is 329 g/mol. The first-order valence-corrected chi connectivity index (χ1v) is 8.41. The van der Waals surface area contributed by atoms with E-state index in [2.05, 4.69) is 26.9 Å². The van der Waals surface area contributed by atoms with Crippen molar-refractivity contribution in [2.75, 3.05) is 19.5 Å². The lowest BCUT2D eigenvalue weighted by Gasteiger charge is -2.10. The van der Waals surface area contributed by atoms with Crippen LogP contribution in [-0.2, 0) is 11.3 Å². The Morgan fingerprint density at radius 2 is 2.00 bits per heavy atom. The van der Waals surface area contributed by atoms with Crippen LogP contribution in [-0.4, -0.2) is 34.2 Å². The number of thioether (sulfide) groups is 1. The minimum absolute atomic E-state index is 0.683. The number of hydrogen-bond donors (Lipinski definition) is 0. The van der Waals surface area contributed by atoms with Gasteiger partial charge in [-0.15, -0.1) is 10.2 Å². The number of rotatable bonds is 7. The molecule has 120 valence electrons. The molecule has 5 nitrogen and oxygen atoms in total. The van der Waals surface area contributed by atoms with Crippen LogP contribution in [0.4, 0.5) is 0 Å². The average molecular weight is 329 g/mol. The highest BCUT2D eigenvalue weighted by Crippen LogP contribution is 2.27. The summed E-state index contributed by atoms with van der Waals surface area (Å²) in [6, 6.07) is 12.3. The minimum atomic E-state index is 0.683. The first-order valence-electron chi connectivity index (χ1n) is 7.43. The molecule has 0 unspecified atom stereocenters. The molecule has 0 aliphatic heterocycles. The largest absolute Gasteiger partial charge is 0.469 e. The fraction of sp³-hybridized carbons (Fsp3) is 0.294. The molecule has 0 N–H and O–H groups in total. The summed E-state index contributed by atoms with van der Waals surface area (Å²) >= 11 is 1.65. The van der Waals surface area contributed by atoms with Gasteiger partial charge in [0, 0.05) is 12.9 Å². The zero-order valence-corrected chi connectivity index (χ0v) is 14.0. The second kappa shape index (κ2) is 7.48. The molecule has 0 bridgehead atoms. The van der Waals surface area contributed by atoms with Gasteiger partial charge in [-0.05, 0) is 18.6 Å². The van der Waals surface area contributed by atoms with E-state index < -0.39 is 0 Å². The first-order chi connectivity index (χ1) is 11.3. The molecule has 1 aromatic carbocycles. The van der Waals surface area contributed by atoms with Crippen molar-refractivity contribution in [1.82, 2.24) is 14.8 Å². The predicted molar refractivity (Wildman–Crippen MR) is 90.6 cm³/mol. The van der Waals surface area contributed by atoms with Crippen molar-refractivity contribution in [1.29, 1.82) is 0 Å². The summed E-state index contributed by atoms with van der Waals surface area (Å²) in [5, 5.41) is 9.64. The zero-order valence-electron chi connectivity index (χ0n) is 13.2. The molecule has 2 heterocycles. The SMILES string of the molecule is COCCSc1nnc(-c2ccoc2C)n1Cc1ccccc1. The van der Waals surface area contributed by atoms with E-state index in [1.807, 2.05) is 31.2 Å². The van der Waals surface area contributed by atoms with Crippen LogP contribution in [0.25, 0.3) is 11.4 Å². The van der Waals surface area contributed by atoms with Crippen molar-refractivity contribution in [2.45, 2.75) is 18.6 Å². The van der Waals surface area contributed by atoms with Gasteiger partial charge in [0.25, 0.3) is 0 Å². The normalized spacial score (nSPS) is 11.0. The highest BCUT2D eigenvalue weighted by atomic mass is 32.2. The van der Waals surface area contributed by atoms with E-state index in [4.69, 9.17) is 9.15 Å². The molecule has 23 heavy (non-hydrogen) atoms. The molecule has 6 heteroatoms. The van der Waals surface area contributed by atoms with Gasteiger partial charge in [0.2, 0.25) is 0 Å². The van der Waals surface area contributed by atoms with Gasteiger partial charge in [0.05, 0.1) is 25.0 Å². The van der Waals surface area contributed by atoms with E-state index >= 15 is 0 Å². The Morgan fingerprint density at radius 1 is 1.17 bits per heavy atom. The second-order valence-corrected chi connectivity index (χ2v) is 6.17. The number of aromatic nitrogens is 3. The Hall–Kier alpha value is -2.05. The van der Waals surface area contributed by atoms with Crippen molar-refractivity contribution in [3.63, 3.8) is 0 Å².